The molecule has 0 radical (unpaired) electrons. The Bertz CT molecular complexity index is 87.7. The highest BCUT2D eigenvalue weighted by molar-refractivity contribution is 8.77. The molecule has 0 aromatic carbocycles. The fourth-order valence-electron chi connectivity index (χ4n) is 0.955. The van der Waals surface area contributed by atoms with Gasteiger partial charge in [-0.05, 0) is 19.3 Å². The summed E-state index contributed by atoms with van der Waals surface area (Å²) in [5.74, 6) is 1.32. The van der Waals surface area contributed by atoms with Gasteiger partial charge in [0.2, 0.25) is 0 Å². The van der Waals surface area contributed by atoms with Gasteiger partial charge in [-0.2, -0.15) is 25.3 Å². The summed E-state index contributed by atoms with van der Waals surface area (Å²) in [6, 6.07) is 0. The van der Waals surface area contributed by atoms with Crippen LogP contribution in [0.15, 0.2) is 0 Å². The van der Waals surface area contributed by atoms with Crippen molar-refractivity contribution in [2.24, 2.45) is 0 Å². The third-order valence-electron chi connectivity index (χ3n) is 1.43. The molecule has 0 aromatic heterocycles. The molecule has 60 valence electrons. The standard InChI is InChI=1S/C6H12S4/c7-6(8)4-5-2-1-3-9-10-5/h5-8H,1-4H2. The summed E-state index contributed by atoms with van der Waals surface area (Å²) in [5, 5.41) is 0.804. The van der Waals surface area contributed by atoms with Crippen LogP contribution in [0.5, 0.6) is 0 Å². The van der Waals surface area contributed by atoms with Gasteiger partial charge in [0, 0.05) is 15.6 Å². The summed E-state index contributed by atoms with van der Waals surface area (Å²) in [5.41, 5.74) is 0. The lowest BCUT2D eigenvalue weighted by atomic mass is 10.2. The SMILES string of the molecule is SC(S)CC1CCCSS1. The van der Waals surface area contributed by atoms with Crippen LogP contribution in [0.1, 0.15) is 19.3 Å². The van der Waals surface area contributed by atoms with Crippen molar-refractivity contribution < 1.29 is 0 Å². The molecular formula is C6H12S4. The Morgan fingerprint density at radius 1 is 1.50 bits per heavy atom. The van der Waals surface area contributed by atoms with E-state index in [4.69, 9.17) is 0 Å². The first kappa shape index (κ1) is 9.49. The van der Waals surface area contributed by atoms with E-state index >= 15 is 0 Å². The van der Waals surface area contributed by atoms with Gasteiger partial charge >= 0.3 is 0 Å². The Kier molecular flexibility index (Phi) is 4.86. The molecular weight excluding hydrogens is 200 g/mol. The molecule has 0 spiro atoms. The lowest BCUT2D eigenvalue weighted by Crippen LogP contribution is -2.09. The monoisotopic (exact) mass is 212 g/mol. The summed E-state index contributed by atoms with van der Waals surface area (Å²) in [4.78, 5) is 0. The summed E-state index contributed by atoms with van der Waals surface area (Å²) < 4.78 is 0.274. The highest BCUT2D eigenvalue weighted by atomic mass is 33.1. The van der Waals surface area contributed by atoms with Crippen molar-refractivity contribution in [1.82, 2.24) is 0 Å². The minimum Gasteiger partial charge on any atom is -0.165 e. The van der Waals surface area contributed by atoms with Gasteiger partial charge in [-0.3, -0.25) is 0 Å². The largest absolute Gasteiger partial charge is 0.165 e. The van der Waals surface area contributed by atoms with E-state index in [0.29, 0.717) is 0 Å². The Morgan fingerprint density at radius 2 is 2.30 bits per heavy atom. The minimum absolute atomic E-state index is 0.274. The van der Waals surface area contributed by atoms with Crippen molar-refractivity contribution in [3.63, 3.8) is 0 Å². The molecule has 0 bridgehead atoms. The van der Waals surface area contributed by atoms with Crippen LogP contribution in [-0.2, 0) is 0 Å². The molecule has 0 amide bonds. The highest BCUT2D eigenvalue weighted by Gasteiger charge is 2.15. The van der Waals surface area contributed by atoms with Crippen LogP contribution >= 0.6 is 46.8 Å². The quantitative estimate of drug-likeness (QED) is 0.410. The lowest BCUT2D eigenvalue weighted by Gasteiger charge is -2.20. The normalized spacial score (nSPS) is 27.3. The Hall–Kier alpha value is 1.40. The average molecular weight is 212 g/mol. The Labute approximate surface area is 81.5 Å². The van der Waals surface area contributed by atoms with Crippen LogP contribution in [-0.4, -0.2) is 15.6 Å². The van der Waals surface area contributed by atoms with Crippen LogP contribution in [0, 0.1) is 0 Å². The van der Waals surface area contributed by atoms with Gasteiger partial charge in [-0.25, -0.2) is 0 Å². The maximum Gasteiger partial charge on any atom is 0.0453 e. The molecule has 1 atom stereocenters. The summed E-state index contributed by atoms with van der Waals surface area (Å²) >= 11 is 8.50. The first-order valence-electron chi connectivity index (χ1n) is 3.43. The van der Waals surface area contributed by atoms with Gasteiger partial charge in [0.15, 0.2) is 0 Å². The van der Waals surface area contributed by atoms with Gasteiger partial charge in [-0.15, -0.1) is 0 Å². The van der Waals surface area contributed by atoms with Gasteiger partial charge in [0.25, 0.3) is 0 Å². The number of hydrogen-bond acceptors (Lipinski definition) is 4. The summed E-state index contributed by atoms with van der Waals surface area (Å²) in [7, 11) is 4.00. The predicted molar refractivity (Wildman–Crippen MR) is 59.4 cm³/mol. The van der Waals surface area contributed by atoms with Gasteiger partial charge in [0.1, 0.15) is 0 Å². The van der Waals surface area contributed by atoms with Crippen LogP contribution in [0.4, 0.5) is 0 Å². The second-order valence-electron chi connectivity index (χ2n) is 2.40. The zero-order valence-corrected chi connectivity index (χ0v) is 9.12. The third kappa shape index (κ3) is 3.69. The molecule has 1 rings (SSSR count). The minimum atomic E-state index is 0.274. The van der Waals surface area contributed by atoms with E-state index < -0.39 is 0 Å². The maximum atomic E-state index is 4.25. The van der Waals surface area contributed by atoms with E-state index in [-0.39, 0.29) is 4.58 Å². The zero-order valence-electron chi connectivity index (χ0n) is 5.69. The van der Waals surface area contributed by atoms with Crippen molar-refractivity contribution in [3.8, 4) is 0 Å². The molecule has 1 aliphatic heterocycles. The lowest BCUT2D eigenvalue weighted by molar-refractivity contribution is 0.720. The fraction of sp³-hybridized carbons (Fsp3) is 1.00. The summed E-state index contributed by atoms with van der Waals surface area (Å²) in [6.07, 6.45) is 3.87. The van der Waals surface area contributed by atoms with Gasteiger partial charge < -0.3 is 0 Å². The molecule has 0 saturated carbocycles. The van der Waals surface area contributed by atoms with Crippen LogP contribution in [0.25, 0.3) is 0 Å². The van der Waals surface area contributed by atoms with E-state index in [9.17, 15) is 0 Å². The Balaban J connectivity index is 2.13. The van der Waals surface area contributed by atoms with E-state index in [0.717, 1.165) is 11.7 Å². The third-order valence-corrected chi connectivity index (χ3v) is 4.87. The van der Waals surface area contributed by atoms with E-state index in [2.05, 4.69) is 25.3 Å². The molecule has 4 heteroatoms. The van der Waals surface area contributed by atoms with E-state index in [1.54, 1.807) is 0 Å². The van der Waals surface area contributed by atoms with Crippen LogP contribution < -0.4 is 0 Å². The predicted octanol–water partition coefficient (Wildman–Crippen LogP) is 3.11. The molecule has 0 aliphatic carbocycles. The number of thiol groups is 2. The first-order chi connectivity index (χ1) is 4.79. The molecule has 1 heterocycles. The van der Waals surface area contributed by atoms with Gasteiger partial charge in [-0.1, -0.05) is 21.6 Å². The Morgan fingerprint density at radius 3 is 2.80 bits per heavy atom. The maximum absolute atomic E-state index is 4.25. The van der Waals surface area contributed by atoms with Crippen LogP contribution in [0.2, 0.25) is 0 Å². The molecule has 0 nitrogen and oxygen atoms in total. The molecule has 0 aromatic rings. The highest BCUT2D eigenvalue weighted by Crippen LogP contribution is 2.38. The molecule has 10 heavy (non-hydrogen) atoms. The molecule has 1 fully saturated rings. The fourth-order valence-corrected chi connectivity index (χ4v) is 4.60. The molecule has 1 saturated heterocycles. The molecule has 1 unspecified atom stereocenters. The zero-order chi connectivity index (χ0) is 7.40. The van der Waals surface area contributed by atoms with Crippen molar-refractivity contribution in [1.29, 1.82) is 0 Å². The molecule has 1 aliphatic rings. The summed E-state index contributed by atoms with van der Waals surface area (Å²) in [6.45, 7) is 0. The van der Waals surface area contributed by atoms with Crippen molar-refractivity contribution in [2.75, 3.05) is 5.75 Å². The number of hydrogen-bond donors (Lipinski definition) is 2. The van der Waals surface area contributed by atoms with Crippen molar-refractivity contribution in [2.45, 2.75) is 29.1 Å². The van der Waals surface area contributed by atoms with Crippen molar-refractivity contribution in [3.05, 3.63) is 0 Å². The number of rotatable bonds is 2. The van der Waals surface area contributed by atoms with E-state index in [1.165, 1.54) is 18.6 Å². The van der Waals surface area contributed by atoms with Crippen molar-refractivity contribution >= 4 is 46.8 Å². The van der Waals surface area contributed by atoms with Gasteiger partial charge in [0.05, 0.1) is 0 Å². The first-order valence-corrected chi connectivity index (χ1v) is 6.85. The second kappa shape index (κ2) is 5.12. The van der Waals surface area contributed by atoms with E-state index in [1.807, 2.05) is 21.6 Å². The van der Waals surface area contributed by atoms with Crippen LogP contribution in [0.3, 0.4) is 0 Å². The second-order valence-corrected chi connectivity index (χ2v) is 6.84. The average Bonchev–Trinajstić information content (AvgIpc) is 1.88. The molecule has 0 N–H and O–H groups in total. The smallest absolute Gasteiger partial charge is 0.0453 e. The topological polar surface area (TPSA) is 0 Å².